The van der Waals surface area contributed by atoms with Crippen LogP contribution in [0.3, 0.4) is 0 Å². The lowest BCUT2D eigenvalue weighted by molar-refractivity contribution is 0.329. The van der Waals surface area contributed by atoms with Crippen molar-refractivity contribution in [3.63, 3.8) is 0 Å². The van der Waals surface area contributed by atoms with Gasteiger partial charge in [0.05, 0.1) is 6.54 Å². The van der Waals surface area contributed by atoms with E-state index in [0.29, 0.717) is 0 Å². The Balaban J connectivity index is 2.12. The molecule has 0 saturated heterocycles. The van der Waals surface area contributed by atoms with Gasteiger partial charge in [0, 0.05) is 6.42 Å². The largest absolute Gasteiger partial charge is 0.479 e. The molecule has 0 spiro atoms. The lowest BCUT2D eigenvalue weighted by Crippen LogP contribution is -2.05. The van der Waals surface area contributed by atoms with Crippen LogP contribution >= 0.6 is 0 Å². The number of hydrogen-bond donors (Lipinski definition) is 0. The topological polar surface area (TPSA) is 21.6 Å². The average Bonchev–Trinajstić information content (AvgIpc) is 2.71. The normalized spacial score (nSPS) is 17.7. The number of aliphatic imine (C=N–C) groups is 1. The van der Waals surface area contributed by atoms with Crippen molar-refractivity contribution < 1.29 is 4.74 Å². The Hall–Kier alpha value is -0.530. The van der Waals surface area contributed by atoms with Crippen LogP contribution in [0.25, 0.3) is 0 Å². The molecule has 82 valence electrons. The number of nitrogens with zero attached hydrogens (tertiary/aromatic N) is 1. The maximum Gasteiger partial charge on any atom is 0.183 e. The Morgan fingerprint density at radius 1 is 1.36 bits per heavy atom. The zero-order chi connectivity index (χ0) is 10.2. The molecule has 0 N–H and O–H groups in total. The number of unbranched alkanes of at least 4 members (excludes halogenated alkanes) is 1. The number of hydrogen-bond acceptors (Lipinski definition) is 2. The zero-order valence-corrected chi connectivity index (χ0v) is 9.59. The third kappa shape index (κ3) is 4.12. The van der Waals surface area contributed by atoms with Gasteiger partial charge in [-0.15, -0.1) is 0 Å². The maximum absolute atomic E-state index is 5.40. The van der Waals surface area contributed by atoms with E-state index in [1.807, 2.05) is 0 Å². The predicted octanol–water partition coefficient (Wildman–Crippen LogP) is 3.41. The minimum atomic E-state index is 0.807. The highest BCUT2D eigenvalue weighted by Gasteiger charge is 2.11. The van der Waals surface area contributed by atoms with Crippen LogP contribution in [0.15, 0.2) is 4.99 Å². The van der Waals surface area contributed by atoms with Crippen LogP contribution in [-0.4, -0.2) is 19.0 Å². The number of ether oxygens (including phenoxy) is 1. The summed E-state index contributed by atoms with van der Waals surface area (Å²) in [5.74, 6) is 1.88. The fraction of sp³-hybridized carbons (Fsp3) is 0.917. The van der Waals surface area contributed by atoms with Crippen molar-refractivity contribution in [2.45, 2.75) is 52.4 Å². The van der Waals surface area contributed by atoms with Gasteiger partial charge in [-0.25, -0.2) is 0 Å². The van der Waals surface area contributed by atoms with Crippen LogP contribution in [-0.2, 0) is 4.74 Å². The molecule has 0 bridgehead atoms. The lowest BCUT2D eigenvalue weighted by Gasteiger charge is -2.13. The summed E-state index contributed by atoms with van der Waals surface area (Å²) < 4.78 is 5.40. The van der Waals surface area contributed by atoms with Gasteiger partial charge in [0.2, 0.25) is 0 Å². The Labute approximate surface area is 87.8 Å². The van der Waals surface area contributed by atoms with E-state index in [9.17, 15) is 0 Å². The smallest absolute Gasteiger partial charge is 0.183 e. The first-order valence-corrected chi connectivity index (χ1v) is 6.03. The van der Waals surface area contributed by atoms with Gasteiger partial charge >= 0.3 is 0 Å². The summed E-state index contributed by atoms with van der Waals surface area (Å²) in [7, 11) is 0. The van der Waals surface area contributed by atoms with Gasteiger partial charge in [0.25, 0.3) is 0 Å². The van der Waals surface area contributed by atoms with Crippen molar-refractivity contribution in [3.05, 3.63) is 0 Å². The molecule has 0 amide bonds. The fourth-order valence-electron chi connectivity index (χ4n) is 1.90. The summed E-state index contributed by atoms with van der Waals surface area (Å²) in [6.45, 7) is 6.23. The van der Waals surface area contributed by atoms with E-state index >= 15 is 0 Å². The Morgan fingerprint density at radius 3 is 2.79 bits per heavy atom. The van der Waals surface area contributed by atoms with Crippen LogP contribution in [0.4, 0.5) is 0 Å². The van der Waals surface area contributed by atoms with Crippen LogP contribution in [0.5, 0.6) is 0 Å². The summed E-state index contributed by atoms with van der Waals surface area (Å²) in [4.78, 5) is 4.32. The van der Waals surface area contributed by atoms with Crippen LogP contribution in [0.2, 0.25) is 0 Å². The third-order valence-corrected chi connectivity index (χ3v) is 2.96. The third-order valence-electron chi connectivity index (χ3n) is 2.96. The molecule has 0 saturated carbocycles. The molecule has 2 heteroatoms. The zero-order valence-electron chi connectivity index (χ0n) is 9.59. The van der Waals surface area contributed by atoms with E-state index in [0.717, 1.165) is 31.4 Å². The molecule has 1 heterocycles. The van der Waals surface area contributed by atoms with Gasteiger partial charge in [-0.3, -0.25) is 4.99 Å². The summed E-state index contributed by atoms with van der Waals surface area (Å²) in [6.07, 6.45) is 7.67. The first-order valence-electron chi connectivity index (χ1n) is 6.03. The van der Waals surface area contributed by atoms with E-state index in [-0.39, 0.29) is 0 Å². The highest BCUT2D eigenvalue weighted by Crippen LogP contribution is 2.19. The summed E-state index contributed by atoms with van der Waals surface area (Å²) >= 11 is 0. The molecular weight excluding hydrogens is 174 g/mol. The quantitative estimate of drug-likeness (QED) is 0.613. The van der Waals surface area contributed by atoms with E-state index in [1.165, 1.54) is 32.1 Å². The van der Waals surface area contributed by atoms with Crippen LogP contribution in [0, 0.1) is 5.92 Å². The molecule has 1 rings (SSSR count). The maximum atomic E-state index is 5.40. The molecule has 0 radical (unpaired) electrons. The first kappa shape index (κ1) is 11.5. The Morgan fingerprint density at radius 2 is 2.21 bits per heavy atom. The second-order valence-corrected chi connectivity index (χ2v) is 4.08. The molecule has 1 aliphatic rings. The van der Waals surface area contributed by atoms with Gasteiger partial charge in [-0.05, 0) is 12.3 Å². The highest BCUT2D eigenvalue weighted by molar-refractivity contribution is 5.77. The van der Waals surface area contributed by atoms with Gasteiger partial charge in [0.1, 0.15) is 6.61 Å². The van der Waals surface area contributed by atoms with E-state index < -0.39 is 0 Å². The minimum absolute atomic E-state index is 0.807. The molecule has 14 heavy (non-hydrogen) atoms. The predicted molar refractivity (Wildman–Crippen MR) is 60.8 cm³/mol. The second kappa shape index (κ2) is 6.86. The van der Waals surface area contributed by atoms with Crippen LogP contribution in [0.1, 0.15) is 52.4 Å². The monoisotopic (exact) mass is 197 g/mol. The van der Waals surface area contributed by atoms with Crippen molar-refractivity contribution in [3.8, 4) is 0 Å². The Kier molecular flexibility index (Phi) is 5.65. The molecule has 2 nitrogen and oxygen atoms in total. The van der Waals surface area contributed by atoms with Gasteiger partial charge in [-0.2, -0.15) is 0 Å². The summed E-state index contributed by atoms with van der Waals surface area (Å²) in [6, 6.07) is 0. The summed E-state index contributed by atoms with van der Waals surface area (Å²) in [5.41, 5.74) is 0. The molecule has 1 unspecified atom stereocenters. The molecule has 0 aromatic rings. The van der Waals surface area contributed by atoms with Crippen LogP contribution < -0.4 is 0 Å². The van der Waals surface area contributed by atoms with Gasteiger partial charge in [0.15, 0.2) is 5.90 Å². The van der Waals surface area contributed by atoms with E-state index in [2.05, 4.69) is 18.8 Å². The molecule has 1 atom stereocenters. The van der Waals surface area contributed by atoms with Crippen molar-refractivity contribution in [2.24, 2.45) is 10.9 Å². The lowest BCUT2D eigenvalue weighted by atomic mass is 9.94. The Bertz CT molecular complexity index is 177. The fourth-order valence-corrected chi connectivity index (χ4v) is 1.90. The van der Waals surface area contributed by atoms with Crippen molar-refractivity contribution in [1.82, 2.24) is 0 Å². The molecule has 0 aliphatic carbocycles. The van der Waals surface area contributed by atoms with Crippen molar-refractivity contribution in [2.75, 3.05) is 13.2 Å². The average molecular weight is 197 g/mol. The molecule has 1 aliphatic heterocycles. The van der Waals surface area contributed by atoms with Gasteiger partial charge in [-0.1, -0.05) is 39.5 Å². The first-order chi connectivity index (χ1) is 6.86. The molecule has 0 aromatic heterocycles. The van der Waals surface area contributed by atoms with E-state index in [4.69, 9.17) is 4.74 Å². The molecular formula is C12H23NO. The second-order valence-electron chi connectivity index (χ2n) is 4.08. The standard InChI is InChI=1S/C12H23NO/c1-3-5-6-11(4-2)7-8-12-13-9-10-14-12/h11H,3-10H2,1-2H3. The minimum Gasteiger partial charge on any atom is -0.479 e. The van der Waals surface area contributed by atoms with Gasteiger partial charge < -0.3 is 4.74 Å². The summed E-state index contributed by atoms with van der Waals surface area (Å²) in [5, 5.41) is 0. The van der Waals surface area contributed by atoms with Crippen molar-refractivity contribution >= 4 is 5.90 Å². The van der Waals surface area contributed by atoms with E-state index in [1.54, 1.807) is 0 Å². The highest BCUT2D eigenvalue weighted by atomic mass is 16.5. The molecule has 0 fully saturated rings. The molecule has 0 aromatic carbocycles. The SMILES string of the molecule is CCCCC(CC)CCC1=NCCO1. The number of rotatable bonds is 7. The van der Waals surface area contributed by atoms with Crippen molar-refractivity contribution in [1.29, 1.82) is 0 Å².